The molecule has 0 aliphatic carbocycles. The molecule has 3 aromatic rings. The van der Waals surface area contributed by atoms with Crippen LogP contribution in [0.1, 0.15) is 25.3 Å². The van der Waals surface area contributed by atoms with Crippen LogP contribution in [0.2, 0.25) is 0 Å². The lowest BCUT2D eigenvalue weighted by Gasteiger charge is -2.12. The highest BCUT2D eigenvalue weighted by Gasteiger charge is 2.14. The summed E-state index contributed by atoms with van der Waals surface area (Å²) in [5.74, 6) is 0.569. The molecule has 118 valence electrons. The normalized spacial score (nSPS) is 10.9. The third-order valence-electron chi connectivity index (χ3n) is 3.87. The van der Waals surface area contributed by atoms with Gasteiger partial charge in [-0.05, 0) is 30.2 Å². The molecular formula is C20H20O3. The van der Waals surface area contributed by atoms with Gasteiger partial charge in [0.05, 0.1) is 6.61 Å². The predicted octanol–water partition coefficient (Wildman–Crippen LogP) is 5.62. The highest BCUT2D eigenvalue weighted by Crippen LogP contribution is 2.35. The van der Waals surface area contributed by atoms with Gasteiger partial charge in [-0.25, -0.2) is 4.79 Å². The van der Waals surface area contributed by atoms with Gasteiger partial charge in [0.15, 0.2) is 0 Å². The van der Waals surface area contributed by atoms with Gasteiger partial charge in [0, 0.05) is 10.8 Å². The summed E-state index contributed by atoms with van der Waals surface area (Å²) < 4.78 is 10.7. The van der Waals surface area contributed by atoms with Gasteiger partial charge in [-0.3, -0.25) is 0 Å². The summed E-state index contributed by atoms with van der Waals surface area (Å²) in [7, 11) is 0. The molecule has 0 radical (unpaired) electrons. The van der Waals surface area contributed by atoms with Crippen LogP contribution in [-0.2, 0) is 4.74 Å². The topological polar surface area (TPSA) is 35.5 Å². The van der Waals surface area contributed by atoms with Crippen LogP contribution in [0.15, 0.2) is 48.5 Å². The van der Waals surface area contributed by atoms with Crippen LogP contribution in [-0.4, -0.2) is 12.8 Å². The molecule has 0 saturated heterocycles. The molecular weight excluding hydrogens is 288 g/mol. The van der Waals surface area contributed by atoms with E-state index < -0.39 is 6.16 Å². The van der Waals surface area contributed by atoms with E-state index in [0.29, 0.717) is 12.4 Å². The standard InChI is InChI=1S/C20H20O3/c1-3-4-11-22-20(21)23-19-17-8-6-5-7-15(17)13-16-12-14(2)9-10-18(16)19/h5-10,12-13H,3-4,11H2,1-2H3. The number of aryl methyl sites for hydroxylation is 1. The first-order chi connectivity index (χ1) is 11.2. The number of carbonyl (C=O) groups is 1. The zero-order valence-corrected chi connectivity index (χ0v) is 13.5. The van der Waals surface area contributed by atoms with E-state index in [0.717, 1.165) is 34.4 Å². The number of fused-ring (bicyclic) bond motifs is 2. The first-order valence-electron chi connectivity index (χ1n) is 7.96. The van der Waals surface area contributed by atoms with Crippen molar-refractivity contribution in [3.8, 4) is 5.75 Å². The zero-order chi connectivity index (χ0) is 16.2. The van der Waals surface area contributed by atoms with Gasteiger partial charge in [0.2, 0.25) is 0 Å². The summed E-state index contributed by atoms with van der Waals surface area (Å²) in [6.07, 6.45) is 1.17. The molecule has 0 saturated carbocycles. The van der Waals surface area contributed by atoms with Crippen LogP contribution in [0.25, 0.3) is 21.5 Å². The Morgan fingerprint density at radius 3 is 2.61 bits per heavy atom. The first-order valence-corrected chi connectivity index (χ1v) is 7.96. The maximum absolute atomic E-state index is 12.0. The van der Waals surface area contributed by atoms with Gasteiger partial charge in [0.25, 0.3) is 0 Å². The Kier molecular flexibility index (Phi) is 4.47. The monoisotopic (exact) mass is 308 g/mol. The number of hydrogen-bond donors (Lipinski definition) is 0. The average molecular weight is 308 g/mol. The predicted molar refractivity (Wildman–Crippen MR) is 93.1 cm³/mol. The molecule has 23 heavy (non-hydrogen) atoms. The fourth-order valence-electron chi connectivity index (χ4n) is 2.67. The largest absolute Gasteiger partial charge is 0.513 e. The summed E-state index contributed by atoms with van der Waals surface area (Å²) >= 11 is 0. The van der Waals surface area contributed by atoms with Crippen molar-refractivity contribution in [3.63, 3.8) is 0 Å². The van der Waals surface area contributed by atoms with Crippen molar-refractivity contribution in [1.29, 1.82) is 0 Å². The molecule has 0 heterocycles. The summed E-state index contributed by atoms with van der Waals surface area (Å²) in [6, 6.07) is 16.1. The van der Waals surface area contributed by atoms with Crippen molar-refractivity contribution in [3.05, 3.63) is 54.1 Å². The van der Waals surface area contributed by atoms with Crippen molar-refractivity contribution in [1.82, 2.24) is 0 Å². The van der Waals surface area contributed by atoms with E-state index in [1.54, 1.807) is 0 Å². The van der Waals surface area contributed by atoms with Crippen molar-refractivity contribution < 1.29 is 14.3 Å². The van der Waals surface area contributed by atoms with E-state index in [-0.39, 0.29) is 0 Å². The zero-order valence-electron chi connectivity index (χ0n) is 13.5. The highest BCUT2D eigenvalue weighted by molar-refractivity contribution is 6.06. The van der Waals surface area contributed by atoms with Crippen molar-refractivity contribution in [2.75, 3.05) is 6.61 Å². The SMILES string of the molecule is CCCCOC(=O)Oc1c2ccccc2cc2cc(C)ccc12. The maximum Gasteiger partial charge on any atom is 0.513 e. The fourth-order valence-corrected chi connectivity index (χ4v) is 2.67. The fraction of sp³-hybridized carbons (Fsp3) is 0.250. The van der Waals surface area contributed by atoms with E-state index in [1.807, 2.05) is 43.3 Å². The van der Waals surface area contributed by atoms with E-state index in [2.05, 4.69) is 19.1 Å². The van der Waals surface area contributed by atoms with Crippen molar-refractivity contribution >= 4 is 27.7 Å². The Bertz CT molecular complexity index is 852. The maximum atomic E-state index is 12.0. The molecule has 0 atom stereocenters. The van der Waals surface area contributed by atoms with Gasteiger partial charge in [-0.2, -0.15) is 0 Å². The quantitative estimate of drug-likeness (QED) is 0.272. The Balaban J connectivity index is 2.06. The van der Waals surface area contributed by atoms with Crippen LogP contribution in [0, 0.1) is 6.92 Å². The Hall–Kier alpha value is -2.55. The van der Waals surface area contributed by atoms with Gasteiger partial charge in [-0.1, -0.05) is 61.4 Å². The Morgan fingerprint density at radius 2 is 1.78 bits per heavy atom. The second kappa shape index (κ2) is 6.69. The van der Waals surface area contributed by atoms with E-state index >= 15 is 0 Å². The number of carbonyl (C=O) groups excluding carboxylic acids is 1. The molecule has 3 heteroatoms. The summed E-state index contributed by atoms with van der Waals surface area (Å²) in [5, 5.41) is 3.93. The number of rotatable bonds is 4. The second-order valence-corrected chi connectivity index (χ2v) is 5.71. The van der Waals surface area contributed by atoms with Crippen LogP contribution in [0.4, 0.5) is 4.79 Å². The second-order valence-electron chi connectivity index (χ2n) is 5.71. The number of unbranched alkanes of at least 4 members (excludes halogenated alkanes) is 1. The molecule has 0 N–H and O–H groups in total. The van der Waals surface area contributed by atoms with E-state index in [1.165, 1.54) is 5.56 Å². The molecule has 3 rings (SSSR count). The molecule has 3 aromatic carbocycles. The third kappa shape index (κ3) is 3.29. The summed E-state index contributed by atoms with van der Waals surface area (Å²) in [4.78, 5) is 12.0. The molecule has 0 aromatic heterocycles. The number of ether oxygens (including phenoxy) is 2. The molecule has 0 bridgehead atoms. The van der Waals surface area contributed by atoms with Crippen LogP contribution >= 0.6 is 0 Å². The first kappa shape index (κ1) is 15.3. The number of benzene rings is 3. The average Bonchev–Trinajstić information content (AvgIpc) is 2.54. The van der Waals surface area contributed by atoms with Gasteiger partial charge in [-0.15, -0.1) is 0 Å². The molecule has 0 amide bonds. The van der Waals surface area contributed by atoms with Gasteiger partial charge in [0.1, 0.15) is 5.75 Å². The molecule has 3 nitrogen and oxygen atoms in total. The minimum atomic E-state index is -0.642. The van der Waals surface area contributed by atoms with Gasteiger partial charge >= 0.3 is 6.16 Å². The Morgan fingerprint density at radius 1 is 1.00 bits per heavy atom. The smallest absolute Gasteiger partial charge is 0.434 e. The molecule has 0 unspecified atom stereocenters. The van der Waals surface area contributed by atoms with Crippen molar-refractivity contribution in [2.24, 2.45) is 0 Å². The number of hydrogen-bond acceptors (Lipinski definition) is 3. The van der Waals surface area contributed by atoms with E-state index in [4.69, 9.17) is 9.47 Å². The lowest BCUT2D eigenvalue weighted by molar-refractivity contribution is 0.0988. The lowest BCUT2D eigenvalue weighted by Crippen LogP contribution is -2.11. The molecule has 0 fully saturated rings. The van der Waals surface area contributed by atoms with Crippen molar-refractivity contribution in [2.45, 2.75) is 26.7 Å². The lowest BCUT2D eigenvalue weighted by atomic mass is 10.0. The van der Waals surface area contributed by atoms with E-state index in [9.17, 15) is 4.79 Å². The summed E-state index contributed by atoms with van der Waals surface area (Å²) in [5.41, 5.74) is 1.17. The van der Waals surface area contributed by atoms with Crippen LogP contribution in [0.3, 0.4) is 0 Å². The molecule has 0 spiro atoms. The molecule has 0 aliphatic heterocycles. The minimum absolute atomic E-state index is 0.386. The third-order valence-corrected chi connectivity index (χ3v) is 3.87. The minimum Gasteiger partial charge on any atom is -0.434 e. The van der Waals surface area contributed by atoms with Gasteiger partial charge < -0.3 is 9.47 Å². The summed E-state index contributed by atoms with van der Waals surface area (Å²) in [6.45, 7) is 4.49. The van der Waals surface area contributed by atoms with Crippen LogP contribution in [0.5, 0.6) is 5.75 Å². The molecule has 0 aliphatic rings. The Labute approximate surface area is 135 Å². The van der Waals surface area contributed by atoms with Crippen LogP contribution < -0.4 is 4.74 Å². The highest BCUT2D eigenvalue weighted by atomic mass is 16.7.